The average Bonchev–Trinajstić information content (AvgIpc) is 2.50. The van der Waals surface area contributed by atoms with Crippen molar-refractivity contribution in [1.82, 2.24) is 0 Å². The third-order valence-electron chi connectivity index (χ3n) is 4.88. The Morgan fingerprint density at radius 1 is 0.652 bits per heavy atom. The highest BCUT2D eigenvalue weighted by Gasteiger charge is 2.37. The molecule has 1 saturated carbocycles. The van der Waals surface area contributed by atoms with Crippen LogP contribution in [0.4, 0.5) is 0 Å². The maximum absolute atomic E-state index is 11.8. The maximum Gasteiger partial charge on any atom is 0.373 e. The zero-order valence-corrected chi connectivity index (χ0v) is 14.0. The minimum atomic E-state index is -1.63. The first-order chi connectivity index (χ1) is 11.0. The molecule has 0 aromatic rings. The number of carbonyl (C=O) groups excluding carboxylic acids is 1. The SMILES string of the molecule is O=C(O)C(=O)C(C(=O)O)C1CCCCCCCCCCCCC1. The molecule has 23 heavy (non-hydrogen) atoms. The van der Waals surface area contributed by atoms with Crippen molar-refractivity contribution in [3.05, 3.63) is 0 Å². The van der Waals surface area contributed by atoms with Crippen molar-refractivity contribution in [2.45, 2.75) is 83.5 Å². The number of ketones is 1. The van der Waals surface area contributed by atoms with E-state index in [1.165, 1.54) is 32.1 Å². The minimum Gasteiger partial charge on any atom is -0.481 e. The standard InChI is InChI=1S/C18H30O5/c19-16(18(22)23)15(17(20)21)14-12-10-8-6-4-2-1-3-5-7-9-11-13-14/h14-15H,1-13H2,(H,20,21)(H,22,23). The summed E-state index contributed by atoms with van der Waals surface area (Å²) >= 11 is 0. The fourth-order valence-corrected chi connectivity index (χ4v) is 3.54. The fourth-order valence-electron chi connectivity index (χ4n) is 3.54. The molecule has 1 aliphatic rings. The summed E-state index contributed by atoms with van der Waals surface area (Å²) in [5.74, 6) is -5.82. The number of Topliss-reactive ketones (excluding diaryl/α,β-unsaturated/α-hetero) is 1. The Morgan fingerprint density at radius 2 is 1.00 bits per heavy atom. The predicted molar refractivity (Wildman–Crippen MR) is 87.3 cm³/mol. The normalized spacial score (nSPS) is 21.0. The quantitative estimate of drug-likeness (QED) is 0.601. The second-order valence-corrected chi connectivity index (χ2v) is 6.71. The smallest absolute Gasteiger partial charge is 0.373 e. The van der Waals surface area contributed by atoms with Crippen LogP contribution >= 0.6 is 0 Å². The molecule has 2 N–H and O–H groups in total. The van der Waals surface area contributed by atoms with E-state index in [1.54, 1.807) is 0 Å². The average molecular weight is 326 g/mol. The summed E-state index contributed by atoms with van der Waals surface area (Å²) in [5.41, 5.74) is 0. The number of carboxylic acid groups (broad SMARTS) is 2. The van der Waals surface area contributed by atoms with Gasteiger partial charge in [-0.1, -0.05) is 70.6 Å². The van der Waals surface area contributed by atoms with Crippen LogP contribution in [0, 0.1) is 11.8 Å². The van der Waals surface area contributed by atoms with E-state index in [9.17, 15) is 19.5 Å². The van der Waals surface area contributed by atoms with Crippen LogP contribution in [0.1, 0.15) is 83.5 Å². The zero-order valence-electron chi connectivity index (χ0n) is 14.0. The van der Waals surface area contributed by atoms with Gasteiger partial charge in [-0.15, -0.1) is 0 Å². The van der Waals surface area contributed by atoms with Gasteiger partial charge in [0.1, 0.15) is 5.92 Å². The van der Waals surface area contributed by atoms with E-state index in [4.69, 9.17) is 5.11 Å². The molecule has 0 bridgehead atoms. The van der Waals surface area contributed by atoms with Crippen molar-refractivity contribution < 1.29 is 24.6 Å². The molecule has 132 valence electrons. The summed E-state index contributed by atoms with van der Waals surface area (Å²) < 4.78 is 0. The topological polar surface area (TPSA) is 91.7 Å². The van der Waals surface area contributed by atoms with Crippen LogP contribution in [-0.4, -0.2) is 27.9 Å². The van der Waals surface area contributed by atoms with Gasteiger partial charge in [0.2, 0.25) is 0 Å². The van der Waals surface area contributed by atoms with E-state index in [-0.39, 0.29) is 5.92 Å². The minimum absolute atomic E-state index is 0.348. The second-order valence-electron chi connectivity index (χ2n) is 6.71. The number of hydrogen-bond acceptors (Lipinski definition) is 3. The molecule has 0 heterocycles. The van der Waals surface area contributed by atoms with Crippen molar-refractivity contribution in [3.8, 4) is 0 Å². The van der Waals surface area contributed by atoms with Crippen LogP contribution < -0.4 is 0 Å². The Balaban J connectivity index is 2.69. The van der Waals surface area contributed by atoms with E-state index >= 15 is 0 Å². The van der Waals surface area contributed by atoms with Crippen LogP contribution in [0.5, 0.6) is 0 Å². The molecular weight excluding hydrogens is 296 g/mol. The van der Waals surface area contributed by atoms with Gasteiger partial charge in [0.25, 0.3) is 5.78 Å². The molecule has 1 atom stereocenters. The Hall–Kier alpha value is -1.39. The molecule has 1 fully saturated rings. The molecule has 0 saturated heterocycles. The van der Waals surface area contributed by atoms with Gasteiger partial charge in [-0.2, -0.15) is 0 Å². The molecule has 5 heteroatoms. The molecule has 0 radical (unpaired) electrons. The highest BCUT2D eigenvalue weighted by atomic mass is 16.4. The van der Waals surface area contributed by atoms with Crippen LogP contribution in [0.3, 0.4) is 0 Å². The third-order valence-corrected chi connectivity index (χ3v) is 4.88. The lowest BCUT2D eigenvalue weighted by atomic mass is 9.81. The fraction of sp³-hybridized carbons (Fsp3) is 0.833. The summed E-state index contributed by atoms with van der Waals surface area (Å²) in [6.45, 7) is 0. The van der Waals surface area contributed by atoms with E-state index in [0.29, 0.717) is 12.8 Å². The second kappa shape index (κ2) is 11.2. The first kappa shape index (κ1) is 19.7. The van der Waals surface area contributed by atoms with Crippen molar-refractivity contribution in [3.63, 3.8) is 0 Å². The maximum atomic E-state index is 11.8. The van der Waals surface area contributed by atoms with Gasteiger partial charge in [0.05, 0.1) is 0 Å². The molecule has 0 aromatic heterocycles. The van der Waals surface area contributed by atoms with Gasteiger partial charge < -0.3 is 10.2 Å². The van der Waals surface area contributed by atoms with Crippen molar-refractivity contribution in [2.24, 2.45) is 11.8 Å². The monoisotopic (exact) mass is 326 g/mol. The molecule has 1 aliphatic carbocycles. The van der Waals surface area contributed by atoms with Crippen molar-refractivity contribution in [2.75, 3.05) is 0 Å². The number of rotatable bonds is 4. The zero-order chi connectivity index (χ0) is 17.1. The number of carboxylic acids is 2. The van der Waals surface area contributed by atoms with Gasteiger partial charge in [0, 0.05) is 0 Å². The Bertz CT molecular complexity index is 377. The Morgan fingerprint density at radius 3 is 1.30 bits per heavy atom. The Kier molecular flexibility index (Phi) is 9.57. The molecule has 0 amide bonds. The summed E-state index contributed by atoms with van der Waals surface area (Å²) in [4.78, 5) is 34.2. The molecular formula is C18H30O5. The van der Waals surface area contributed by atoms with Crippen LogP contribution in [0.15, 0.2) is 0 Å². The number of hydrogen-bond donors (Lipinski definition) is 2. The first-order valence-electron chi connectivity index (χ1n) is 9.04. The first-order valence-corrected chi connectivity index (χ1v) is 9.04. The molecule has 0 aliphatic heterocycles. The summed E-state index contributed by atoms with van der Waals surface area (Å²) in [6.07, 6.45) is 13.6. The van der Waals surface area contributed by atoms with Gasteiger partial charge >= 0.3 is 11.9 Å². The number of carbonyl (C=O) groups is 3. The van der Waals surface area contributed by atoms with E-state index < -0.39 is 23.6 Å². The number of aliphatic carboxylic acids is 2. The van der Waals surface area contributed by atoms with Crippen LogP contribution in [0.2, 0.25) is 0 Å². The molecule has 0 aromatic carbocycles. The molecule has 0 spiro atoms. The van der Waals surface area contributed by atoms with E-state index in [0.717, 1.165) is 38.5 Å². The lowest BCUT2D eigenvalue weighted by molar-refractivity contribution is -0.159. The van der Waals surface area contributed by atoms with Gasteiger partial charge in [-0.3, -0.25) is 9.59 Å². The van der Waals surface area contributed by atoms with Crippen molar-refractivity contribution >= 4 is 17.7 Å². The summed E-state index contributed by atoms with van der Waals surface area (Å²) in [5, 5.41) is 18.2. The highest BCUT2D eigenvalue weighted by molar-refractivity contribution is 6.37. The summed E-state index contributed by atoms with van der Waals surface area (Å²) in [6, 6.07) is 0. The molecule has 5 nitrogen and oxygen atoms in total. The lowest BCUT2D eigenvalue weighted by Gasteiger charge is -2.22. The third kappa shape index (κ3) is 7.62. The van der Waals surface area contributed by atoms with Gasteiger partial charge in [0.15, 0.2) is 0 Å². The van der Waals surface area contributed by atoms with Crippen molar-refractivity contribution in [1.29, 1.82) is 0 Å². The molecule has 1 unspecified atom stereocenters. The van der Waals surface area contributed by atoms with Gasteiger partial charge in [-0.05, 0) is 18.8 Å². The summed E-state index contributed by atoms with van der Waals surface area (Å²) in [7, 11) is 0. The highest BCUT2D eigenvalue weighted by Crippen LogP contribution is 2.28. The van der Waals surface area contributed by atoms with Crippen LogP contribution in [-0.2, 0) is 14.4 Å². The predicted octanol–water partition coefficient (Wildman–Crippen LogP) is 4.04. The Labute approximate surface area is 138 Å². The van der Waals surface area contributed by atoms with E-state index in [1.807, 2.05) is 0 Å². The van der Waals surface area contributed by atoms with E-state index in [2.05, 4.69) is 0 Å². The van der Waals surface area contributed by atoms with Crippen LogP contribution in [0.25, 0.3) is 0 Å². The van der Waals surface area contributed by atoms with Gasteiger partial charge in [-0.25, -0.2) is 4.79 Å². The lowest BCUT2D eigenvalue weighted by Crippen LogP contribution is -2.36. The molecule has 1 rings (SSSR count). The largest absolute Gasteiger partial charge is 0.481 e.